The topological polar surface area (TPSA) is 58.4 Å². The molecule has 1 unspecified atom stereocenters. The molecular formula is C19H24N4O2. The van der Waals surface area contributed by atoms with E-state index in [1.807, 2.05) is 22.8 Å². The van der Waals surface area contributed by atoms with Crippen LogP contribution in [0.4, 0.5) is 0 Å². The highest BCUT2D eigenvalue weighted by Gasteiger charge is 2.40. The number of fused-ring (bicyclic) bond motifs is 1. The van der Waals surface area contributed by atoms with Crippen LogP contribution in [0.2, 0.25) is 0 Å². The van der Waals surface area contributed by atoms with Gasteiger partial charge in [-0.2, -0.15) is 0 Å². The summed E-state index contributed by atoms with van der Waals surface area (Å²) in [6.07, 6.45) is 2.44. The number of imidazole rings is 1. The molecule has 1 aliphatic heterocycles. The van der Waals surface area contributed by atoms with Gasteiger partial charge in [0.25, 0.3) is 11.8 Å². The average Bonchev–Trinajstić information content (AvgIpc) is 3.04. The summed E-state index contributed by atoms with van der Waals surface area (Å²) in [5.41, 5.74) is 2.34. The summed E-state index contributed by atoms with van der Waals surface area (Å²) in [6, 6.07) is 8.65. The smallest absolute Gasteiger partial charge is 0.254 e. The van der Waals surface area contributed by atoms with Gasteiger partial charge in [0.05, 0.1) is 17.7 Å². The van der Waals surface area contributed by atoms with Crippen molar-refractivity contribution in [2.75, 3.05) is 20.6 Å². The van der Waals surface area contributed by atoms with Crippen LogP contribution in [0.3, 0.4) is 0 Å². The van der Waals surface area contributed by atoms with Gasteiger partial charge >= 0.3 is 0 Å². The Kier molecular flexibility index (Phi) is 4.61. The fraction of sp³-hybridized carbons (Fsp3) is 0.421. The van der Waals surface area contributed by atoms with Gasteiger partial charge in [-0.3, -0.25) is 9.59 Å². The minimum atomic E-state index is -0.642. The average molecular weight is 340 g/mol. The van der Waals surface area contributed by atoms with Crippen molar-refractivity contribution >= 4 is 11.8 Å². The van der Waals surface area contributed by atoms with E-state index in [2.05, 4.69) is 18.8 Å². The molecule has 2 heterocycles. The quantitative estimate of drug-likeness (QED) is 0.861. The number of amides is 2. The van der Waals surface area contributed by atoms with Gasteiger partial charge in [-0.25, -0.2) is 4.98 Å². The molecule has 1 atom stereocenters. The van der Waals surface area contributed by atoms with Crippen molar-refractivity contribution in [3.63, 3.8) is 0 Å². The van der Waals surface area contributed by atoms with Crippen LogP contribution in [0.25, 0.3) is 0 Å². The first-order valence-electron chi connectivity index (χ1n) is 8.54. The van der Waals surface area contributed by atoms with Crippen LogP contribution in [0.1, 0.15) is 47.7 Å². The highest BCUT2D eigenvalue weighted by Crippen LogP contribution is 2.33. The lowest BCUT2D eigenvalue weighted by Gasteiger charge is -2.37. The lowest BCUT2D eigenvalue weighted by atomic mass is 9.99. The molecule has 0 radical (unpaired) electrons. The summed E-state index contributed by atoms with van der Waals surface area (Å²) in [7, 11) is 3.44. The maximum absolute atomic E-state index is 13.1. The Morgan fingerprint density at radius 2 is 1.88 bits per heavy atom. The van der Waals surface area contributed by atoms with Gasteiger partial charge in [0.2, 0.25) is 0 Å². The fourth-order valence-electron chi connectivity index (χ4n) is 3.28. The number of aromatic nitrogens is 2. The van der Waals surface area contributed by atoms with Crippen LogP contribution in [-0.2, 0) is 11.2 Å². The first-order valence-corrected chi connectivity index (χ1v) is 8.54. The first kappa shape index (κ1) is 17.2. The number of carbonyl (C=O) groups is 2. The molecule has 2 amide bonds. The number of rotatable bonds is 3. The number of nitrogens with zero attached hydrogens (tertiary/aromatic N) is 4. The summed E-state index contributed by atoms with van der Waals surface area (Å²) < 4.78 is 2.01. The molecule has 1 aromatic carbocycles. The van der Waals surface area contributed by atoms with E-state index in [0.717, 1.165) is 11.4 Å². The molecule has 0 N–H and O–H groups in total. The fourth-order valence-corrected chi connectivity index (χ4v) is 3.28. The maximum atomic E-state index is 13.1. The van der Waals surface area contributed by atoms with Gasteiger partial charge in [0.15, 0.2) is 6.04 Å². The molecular weight excluding hydrogens is 316 g/mol. The highest BCUT2D eigenvalue weighted by atomic mass is 16.2. The van der Waals surface area contributed by atoms with Crippen molar-refractivity contribution in [1.82, 2.24) is 19.4 Å². The van der Waals surface area contributed by atoms with Crippen molar-refractivity contribution in [2.45, 2.75) is 32.4 Å². The van der Waals surface area contributed by atoms with Crippen LogP contribution in [0.5, 0.6) is 0 Å². The Labute approximate surface area is 148 Å². The summed E-state index contributed by atoms with van der Waals surface area (Å²) >= 11 is 0. The Morgan fingerprint density at radius 1 is 1.20 bits per heavy atom. The third-order valence-electron chi connectivity index (χ3n) is 4.58. The number of carbonyl (C=O) groups excluding carboxylic acids is 2. The van der Waals surface area contributed by atoms with E-state index in [-0.39, 0.29) is 17.9 Å². The molecule has 0 aliphatic carbocycles. The molecule has 2 aromatic rings. The number of benzene rings is 1. The summed E-state index contributed by atoms with van der Waals surface area (Å²) in [4.78, 5) is 33.8. The first-order chi connectivity index (χ1) is 11.9. The van der Waals surface area contributed by atoms with Crippen molar-refractivity contribution in [1.29, 1.82) is 0 Å². The normalized spacial score (nSPS) is 16.7. The van der Waals surface area contributed by atoms with Crippen LogP contribution in [0.15, 0.2) is 36.7 Å². The van der Waals surface area contributed by atoms with Gasteiger partial charge in [-0.05, 0) is 26.0 Å². The van der Waals surface area contributed by atoms with Gasteiger partial charge in [0, 0.05) is 38.7 Å². The van der Waals surface area contributed by atoms with Crippen molar-refractivity contribution in [3.8, 4) is 0 Å². The molecule has 0 saturated heterocycles. The van der Waals surface area contributed by atoms with Crippen LogP contribution in [-0.4, -0.2) is 51.8 Å². The predicted octanol–water partition coefficient (Wildman–Crippen LogP) is 2.29. The van der Waals surface area contributed by atoms with E-state index in [0.29, 0.717) is 18.5 Å². The van der Waals surface area contributed by atoms with E-state index in [1.54, 1.807) is 42.4 Å². The highest BCUT2D eigenvalue weighted by molar-refractivity contribution is 5.98. The second-order valence-corrected chi connectivity index (χ2v) is 6.83. The molecule has 6 nitrogen and oxygen atoms in total. The second kappa shape index (κ2) is 6.70. The SMILES string of the molecule is CC(C)n1cnc2c1C(C(=O)N(C)C)N(C(=O)c1ccccc1)CC2. The van der Waals surface area contributed by atoms with Crippen molar-refractivity contribution < 1.29 is 9.59 Å². The molecule has 3 rings (SSSR count). The maximum Gasteiger partial charge on any atom is 0.254 e. The van der Waals surface area contributed by atoms with E-state index in [9.17, 15) is 9.59 Å². The molecule has 0 bridgehead atoms. The molecule has 1 aromatic heterocycles. The van der Waals surface area contributed by atoms with Crippen LogP contribution >= 0.6 is 0 Å². The standard InChI is InChI=1S/C19H24N4O2/c1-13(2)23-12-20-15-10-11-22(17(16(15)23)19(25)21(3)4)18(24)14-8-6-5-7-9-14/h5-9,12-13,17H,10-11H2,1-4H3. The molecule has 0 fully saturated rings. The molecule has 25 heavy (non-hydrogen) atoms. The van der Waals surface area contributed by atoms with Gasteiger partial charge in [0.1, 0.15) is 0 Å². The van der Waals surface area contributed by atoms with Crippen LogP contribution < -0.4 is 0 Å². The van der Waals surface area contributed by atoms with E-state index in [1.165, 1.54) is 0 Å². The lowest BCUT2D eigenvalue weighted by molar-refractivity contribution is -0.134. The molecule has 0 saturated carbocycles. The Morgan fingerprint density at radius 3 is 2.48 bits per heavy atom. The molecule has 132 valence electrons. The van der Waals surface area contributed by atoms with Gasteiger partial charge in [-0.1, -0.05) is 18.2 Å². The van der Waals surface area contributed by atoms with E-state index >= 15 is 0 Å². The van der Waals surface area contributed by atoms with Crippen LogP contribution in [0, 0.1) is 0 Å². The molecule has 0 spiro atoms. The Hall–Kier alpha value is -2.63. The van der Waals surface area contributed by atoms with Gasteiger partial charge < -0.3 is 14.4 Å². The zero-order chi connectivity index (χ0) is 18.1. The Balaban J connectivity index is 2.08. The Bertz CT molecular complexity index is 780. The van der Waals surface area contributed by atoms with E-state index in [4.69, 9.17) is 0 Å². The number of hydrogen-bond acceptors (Lipinski definition) is 3. The monoisotopic (exact) mass is 340 g/mol. The summed E-state index contributed by atoms with van der Waals surface area (Å²) in [6.45, 7) is 4.59. The third kappa shape index (κ3) is 3.04. The minimum absolute atomic E-state index is 0.104. The summed E-state index contributed by atoms with van der Waals surface area (Å²) in [5.74, 6) is -0.226. The third-order valence-corrected chi connectivity index (χ3v) is 4.58. The van der Waals surface area contributed by atoms with Gasteiger partial charge in [-0.15, -0.1) is 0 Å². The minimum Gasteiger partial charge on any atom is -0.347 e. The second-order valence-electron chi connectivity index (χ2n) is 6.83. The number of likely N-dealkylation sites (N-methyl/N-ethyl adjacent to an activating group) is 1. The van der Waals surface area contributed by atoms with Crippen molar-refractivity contribution in [2.24, 2.45) is 0 Å². The summed E-state index contributed by atoms with van der Waals surface area (Å²) in [5, 5.41) is 0. The molecule has 6 heteroatoms. The van der Waals surface area contributed by atoms with Crippen molar-refractivity contribution in [3.05, 3.63) is 53.6 Å². The lowest BCUT2D eigenvalue weighted by Crippen LogP contribution is -2.47. The number of hydrogen-bond donors (Lipinski definition) is 0. The predicted molar refractivity (Wildman–Crippen MR) is 95.2 cm³/mol. The zero-order valence-corrected chi connectivity index (χ0v) is 15.1. The zero-order valence-electron chi connectivity index (χ0n) is 15.1. The van der Waals surface area contributed by atoms with E-state index < -0.39 is 6.04 Å². The molecule has 1 aliphatic rings. The largest absolute Gasteiger partial charge is 0.347 e.